The molecule has 1 aromatic carbocycles. The van der Waals surface area contributed by atoms with Crippen molar-refractivity contribution < 1.29 is 0 Å². The zero-order chi connectivity index (χ0) is 13.7. The monoisotopic (exact) mass is 274 g/mol. The number of aromatic nitrogens is 2. The molecule has 0 spiro atoms. The lowest BCUT2D eigenvalue weighted by Crippen LogP contribution is -2.36. The topological polar surface area (TPSA) is 41.9 Å². The van der Waals surface area contributed by atoms with Crippen LogP contribution in [-0.4, -0.2) is 14.9 Å². The molecule has 4 nitrogen and oxygen atoms in total. The fraction of sp³-hybridized carbons (Fsp3) is 0.286. The number of benzene rings is 1. The van der Waals surface area contributed by atoms with Crippen LogP contribution >= 0.6 is 12.2 Å². The maximum absolute atomic E-state index is 5.28. The highest BCUT2D eigenvalue weighted by Crippen LogP contribution is 2.10. The molecule has 0 amide bonds. The molecule has 0 saturated carbocycles. The van der Waals surface area contributed by atoms with E-state index in [-0.39, 0.29) is 6.04 Å². The molecule has 2 aromatic rings. The molecule has 0 aliphatic rings. The third-order valence-electron chi connectivity index (χ3n) is 2.85. The summed E-state index contributed by atoms with van der Waals surface area (Å²) in [5, 5.41) is 11.3. The Hall–Kier alpha value is -1.88. The molecule has 0 bridgehead atoms. The third kappa shape index (κ3) is 4.06. The van der Waals surface area contributed by atoms with Crippen LogP contribution in [0.5, 0.6) is 0 Å². The summed E-state index contributed by atoms with van der Waals surface area (Å²) < 4.78 is 1.78. The number of thiocarbonyl (C=S) groups is 1. The predicted octanol–water partition coefficient (Wildman–Crippen LogP) is 2.15. The van der Waals surface area contributed by atoms with E-state index in [2.05, 4.69) is 34.8 Å². The van der Waals surface area contributed by atoms with Gasteiger partial charge in [-0.15, -0.1) is 0 Å². The lowest BCUT2D eigenvalue weighted by molar-refractivity contribution is 0.687. The van der Waals surface area contributed by atoms with Gasteiger partial charge in [-0.05, 0) is 30.8 Å². The van der Waals surface area contributed by atoms with Gasteiger partial charge in [0, 0.05) is 13.2 Å². The van der Waals surface area contributed by atoms with Gasteiger partial charge in [0.25, 0.3) is 0 Å². The van der Waals surface area contributed by atoms with Crippen molar-refractivity contribution in [3.05, 3.63) is 53.9 Å². The Morgan fingerprint density at radius 2 is 2.05 bits per heavy atom. The molecule has 1 aromatic heterocycles. The molecule has 5 heteroatoms. The Labute approximate surface area is 118 Å². The average Bonchev–Trinajstić information content (AvgIpc) is 2.83. The minimum Gasteiger partial charge on any atom is -0.357 e. The number of nitrogens with one attached hydrogen (secondary N) is 2. The first-order chi connectivity index (χ1) is 9.15. The highest BCUT2D eigenvalue weighted by atomic mass is 32.1. The summed E-state index contributed by atoms with van der Waals surface area (Å²) in [6.45, 7) is 2.72. The van der Waals surface area contributed by atoms with Gasteiger partial charge in [-0.25, -0.2) is 0 Å². The number of rotatable bonds is 4. The molecule has 0 fully saturated rings. The van der Waals surface area contributed by atoms with Crippen LogP contribution in [0.2, 0.25) is 0 Å². The van der Waals surface area contributed by atoms with Crippen LogP contribution in [0.25, 0.3) is 0 Å². The second kappa shape index (κ2) is 6.33. The van der Waals surface area contributed by atoms with E-state index >= 15 is 0 Å². The second-order valence-corrected chi connectivity index (χ2v) is 4.85. The highest BCUT2D eigenvalue weighted by molar-refractivity contribution is 7.80. The summed E-state index contributed by atoms with van der Waals surface area (Å²) >= 11 is 5.28. The minimum absolute atomic E-state index is 0.185. The van der Waals surface area contributed by atoms with E-state index in [1.54, 1.807) is 4.68 Å². The molecular weight excluding hydrogens is 256 g/mol. The Bertz CT molecular complexity index is 535. The molecule has 2 N–H and O–H groups in total. The van der Waals surface area contributed by atoms with E-state index in [0.29, 0.717) is 11.7 Å². The summed E-state index contributed by atoms with van der Waals surface area (Å²) in [5.74, 6) is 0. The van der Waals surface area contributed by atoms with Gasteiger partial charge in [-0.3, -0.25) is 4.68 Å². The van der Waals surface area contributed by atoms with Gasteiger partial charge >= 0.3 is 0 Å². The van der Waals surface area contributed by atoms with E-state index in [9.17, 15) is 0 Å². The van der Waals surface area contributed by atoms with Gasteiger partial charge in [0.05, 0.1) is 18.3 Å². The van der Waals surface area contributed by atoms with Gasteiger partial charge in [0.2, 0.25) is 0 Å². The Morgan fingerprint density at radius 3 is 2.68 bits per heavy atom. The van der Waals surface area contributed by atoms with Crippen molar-refractivity contribution in [2.75, 3.05) is 0 Å². The first-order valence-corrected chi connectivity index (χ1v) is 6.64. The molecule has 2 rings (SSSR count). The van der Waals surface area contributed by atoms with Crippen LogP contribution in [0.4, 0.5) is 0 Å². The fourth-order valence-corrected chi connectivity index (χ4v) is 2.05. The number of hydrogen-bond acceptors (Lipinski definition) is 2. The van der Waals surface area contributed by atoms with E-state index in [1.807, 2.05) is 37.5 Å². The zero-order valence-electron chi connectivity index (χ0n) is 11.1. The smallest absolute Gasteiger partial charge is 0.167 e. The van der Waals surface area contributed by atoms with E-state index in [4.69, 9.17) is 12.2 Å². The molecule has 19 heavy (non-hydrogen) atoms. The van der Waals surface area contributed by atoms with Crippen LogP contribution in [0.1, 0.15) is 24.2 Å². The summed E-state index contributed by atoms with van der Waals surface area (Å²) in [5.41, 5.74) is 2.18. The average molecular weight is 274 g/mol. The van der Waals surface area contributed by atoms with E-state index < -0.39 is 0 Å². The Kier molecular flexibility index (Phi) is 4.52. The van der Waals surface area contributed by atoms with Crippen LogP contribution in [0.15, 0.2) is 42.6 Å². The summed E-state index contributed by atoms with van der Waals surface area (Å²) in [6.07, 6.45) is 1.92. The third-order valence-corrected chi connectivity index (χ3v) is 3.11. The van der Waals surface area contributed by atoms with E-state index in [0.717, 1.165) is 5.69 Å². The zero-order valence-corrected chi connectivity index (χ0v) is 11.9. The van der Waals surface area contributed by atoms with Crippen molar-refractivity contribution in [2.24, 2.45) is 7.05 Å². The van der Waals surface area contributed by atoms with Crippen molar-refractivity contribution in [2.45, 2.75) is 19.5 Å². The Balaban J connectivity index is 1.81. The van der Waals surface area contributed by atoms with Gasteiger partial charge in [0.1, 0.15) is 0 Å². The quantitative estimate of drug-likeness (QED) is 0.838. The number of aryl methyl sites for hydroxylation is 1. The van der Waals surface area contributed by atoms with Crippen molar-refractivity contribution in [1.82, 2.24) is 20.4 Å². The first kappa shape index (κ1) is 13.5. The first-order valence-electron chi connectivity index (χ1n) is 6.23. The minimum atomic E-state index is 0.185. The van der Waals surface area contributed by atoms with Crippen molar-refractivity contribution in [3.8, 4) is 0 Å². The molecule has 0 saturated heterocycles. The summed E-state index contributed by atoms with van der Waals surface area (Å²) in [4.78, 5) is 0. The van der Waals surface area contributed by atoms with Crippen LogP contribution in [-0.2, 0) is 13.6 Å². The Morgan fingerprint density at radius 1 is 1.32 bits per heavy atom. The van der Waals surface area contributed by atoms with Crippen LogP contribution in [0, 0.1) is 0 Å². The lowest BCUT2D eigenvalue weighted by atomic mass is 10.1. The SMILES string of the molecule is CC(NC(=S)NCc1ccn(C)n1)c1ccccc1. The molecular formula is C14H18N4S. The summed E-state index contributed by atoms with van der Waals surface area (Å²) in [7, 11) is 1.90. The standard InChI is InChI=1S/C14H18N4S/c1-11(12-6-4-3-5-7-12)16-14(19)15-10-13-8-9-18(2)17-13/h3-9,11H,10H2,1-2H3,(H2,15,16,19). The molecule has 1 unspecified atom stereocenters. The van der Waals surface area contributed by atoms with E-state index in [1.165, 1.54) is 5.56 Å². The highest BCUT2D eigenvalue weighted by Gasteiger charge is 2.06. The van der Waals surface area contributed by atoms with Gasteiger partial charge < -0.3 is 10.6 Å². The van der Waals surface area contributed by atoms with Crippen molar-refractivity contribution in [1.29, 1.82) is 0 Å². The largest absolute Gasteiger partial charge is 0.357 e. The normalized spacial score (nSPS) is 11.9. The van der Waals surface area contributed by atoms with Crippen LogP contribution < -0.4 is 10.6 Å². The molecule has 100 valence electrons. The van der Waals surface area contributed by atoms with Crippen molar-refractivity contribution >= 4 is 17.3 Å². The maximum atomic E-state index is 5.28. The molecule has 0 aliphatic heterocycles. The molecule has 1 heterocycles. The lowest BCUT2D eigenvalue weighted by Gasteiger charge is -2.16. The van der Waals surface area contributed by atoms with Gasteiger partial charge in [-0.2, -0.15) is 5.10 Å². The second-order valence-electron chi connectivity index (χ2n) is 4.44. The number of hydrogen-bond donors (Lipinski definition) is 2. The predicted molar refractivity (Wildman–Crippen MR) is 80.6 cm³/mol. The molecule has 0 aliphatic carbocycles. The van der Waals surface area contributed by atoms with Crippen molar-refractivity contribution in [3.63, 3.8) is 0 Å². The number of nitrogens with zero attached hydrogens (tertiary/aromatic N) is 2. The fourth-order valence-electron chi connectivity index (χ4n) is 1.80. The molecule has 0 radical (unpaired) electrons. The molecule has 1 atom stereocenters. The van der Waals surface area contributed by atoms with Gasteiger partial charge in [-0.1, -0.05) is 30.3 Å². The van der Waals surface area contributed by atoms with Crippen LogP contribution in [0.3, 0.4) is 0 Å². The summed E-state index contributed by atoms with van der Waals surface area (Å²) in [6, 6.07) is 12.4. The van der Waals surface area contributed by atoms with Gasteiger partial charge in [0.15, 0.2) is 5.11 Å². The maximum Gasteiger partial charge on any atom is 0.167 e.